The van der Waals surface area contributed by atoms with Crippen molar-refractivity contribution in [3.63, 3.8) is 0 Å². The molecule has 0 N–H and O–H groups in total. The number of hydrogen-bond donors (Lipinski definition) is 0. The Morgan fingerprint density at radius 3 is 1.23 bits per heavy atom. The van der Waals surface area contributed by atoms with Gasteiger partial charge in [0.05, 0.1) is 5.69 Å². The summed E-state index contributed by atoms with van der Waals surface area (Å²) in [7, 11) is 0. The van der Waals surface area contributed by atoms with E-state index in [0.29, 0.717) is 0 Å². The Hall–Kier alpha value is -6.52. The van der Waals surface area contributed by atoms with Gasteiger partial charge in [0.1, 0.15) is 0 Å². The smallest absolute Gasteiger partial charge is 0.0540 e. The van der Waals surface area contributed by atoms with E-state index in [0.717, 1.165) is 26.0 Å². The summed E-state index contributed by atoms with van der Waals surface area (Å²) < 4.78 is 2.18. The van der Waals surface area contributed by atoms with Gasteiger partial charge in [0, 0.05) is 42.5 Å². The first-order valence-electron chi connectivity index (χ1n) is 22.7. The zero-order valence-electron chi connectivity index (χ0n) is 37.7. The van der Waals surface area contributed by atoms with E-state index >= 15 is 0 Å². The van der Waals surface area contributed by atoms with Gasteiger partial charge in [-0.3, -0.25) is 0 Å². The van der Waals surface area contributed by atoms with E-state index in [1.165, 1.54) is 71.6 Å². The van der Waals surface area contributed by atoms with Crippen molar-refractivity contribution in [2.45, 2.75) is 44.4 Å². The predicted molar refractivity (Wildman–Crippen MR) is 288 cm³/mol. The lowest BCUT2D eigenvalue weighted by molar-refractivity contribution is 0.640. The predicted octanol–water partition coefficient (Wildman–Crippen LogP) is 18.5. The van der Waals surface area contributed by atoms with E-state index < -0.39 is 0 Å². The Morgan fingerprint density at radius 2 is 0.712 bits per heavy atom. The second-order valence-corrected chi connectivity index (χ2v) is 20.3. The number of hydrogen-bond acceptors (Lipinski definition) is 1. The zero-order chi connectivity index (χ0) is 45.4. The van der Waals surface area contributed by atoms with Crippen molar-refractivity contribution in [2.75, 3.05) is 4.90 Å². The first kappa shape index (κ1) is 43.4. The number of halogens is 2. The second kappa shape index (κ2) is 18.0. The molecule has 10 aromatic rings. The summed E-state index contributed by atoms with van der Waals surface area (Å²) in [5.74, 6) is 0.0541. The minimum absolute atomic E-state index is 0.0541. The van der Waals surface area contributed by atoms with Crippen molar-refractivity contribution in [2.24, 2.45) is 0 Å². The summed E-state index contributed by atoms with van der Waals surface area (Å²) in [6, 6.07) is 84.9. The fourth-order valence-corrected chi connectivity index (χ4v) is 10.3. The summed E-state index contributed by atoms with van der Waals surface area (Å²) in [6.07, 6.45) is 0. The van der Waals surface area contributed by atoms with Crippen LogP contribution in [0.15, 0.2) is 239 Å². The highest BCUT2D eigenvalue weighted by Gasteiger charge is 2.26. The molecule has 66 heavy (non-hydrogen) atoms. The van der Waals surface area contributed by atoms with Crippen LogP contribution in [0.3, 0.4) is 0 Å². The molecule has 0 radical (unpaired) electrons. The molecule has 0 saturated carbocycles. The number of nitrogens with zero attached hydrogens (tertiary/aromatic N) is 1. The van der Waals surface area contributed by atoms with Crippen molar-refractivity contribution in [3.8, 4) is 11.1 Å². The van der Waals surface area contributed by atoms with Crippen molar-refractivity contribution < 1.29 is 0 Å². The van der Waals surface area contributed by atoms with E-state index in [4.69, 9.17) is 0 Å². The van der Waals surface area contributed by atoms with Gasteiger partial charge in [0.15, 0.2) is 0 Å². The van der Waals surface area contributed by atoms with E-state index in [9.17, 15) is 0 Å². The molecule has 0 aliphatic heterocycles. The topological polar surface area (TPSA) is 3.24 Å². The average molecular weight is 982 g/mol. The van der Waals surface area contributed by atoms with Gasteiger partial charge in [-0.05, 0) is 121 Å². The Labute approximate surface area is 406 Å². The van der Waals surface area contributed by atoms with Crippen LogP contribution in [0.5, 0.6) is 0 Å². The first-order chi connectivity index (χ1) is 32.0. The molecule has 0 heterocycles. The highest BCUT2D eigenvalue weighted by atomic mass is 79.9. The van der Waals surface area contributed by atoms with Gasteiger partial charge in [-0.1, -0.05) is 235 Å². The largest absolute Gasteiger partial charge is 0.310 e. The standard InChI is InChI=1S/C63H51Br2N/c1-62(2,50-29-35-53(64)36-30-50)49-27-23-48(24-28-49)61(59-17-9-13-45-11-5-7-15-57(45)59)47-21-19-43(20-22-47)44-25-39-55(40-26-44)66(60-18-10-14-46-12-6-8-16-58(46)60)56-41-33-52(34-42-56)63(3,4)51-31-37-54(65)38-32-51/h5-42,61H,1-4H3. The second-order valence-electron chi connectivity index (χ2n) is 18.4. The van der Waals surface area contributed by atoms with Gasteiger partial charge in [-0.15, -0.1) is 0 Å². The van der Waals surface area contributed by atoms with Crippen LogP contribution in [-0.4, -0.2) is 0 Å². The summed E-state index contributed by atoms with van der Waals surface area (Å²) in [6.45, 7) is 9.22. The van der Waals surface area contributed by atoms with E-state index in [2.05, 4.69) is 295 Å². The molecule has 0 bridgehead atoms. The maximum atomic E-state index is 3.61. The van der Waals surface area contributed by atoms with Crippen LogP contribution in [0.4, 0.5) is 17.1 Å². The number of benzene rings is 10. The quantitative estimate of drug-likeness (QED) is 0.117. The third kappa shape index (κ3) is 8.43. The number of rotatable bonds is 11. The summed E-state index contributed by atoms with van der Waals surface area (Å²) >= 11 is 7.22. The maximum Gasteiger partial charge on any atom is 0.0540 e. The molecule has 10 aromatic carbocycles. The molecular formula is C63H51Br2N. The van der Waals surface area contributed by atoms with Crippen LogP contribution in [0.1, 0.15) is 72.6 Å². The summed E-state index contributed by atoms with van der Waals surface area (Å²) in [4.78, 5) is 2.39. The summed E-state index contributed by atoms with van der Waals surface area (Å²) in [5, 5.41) is 4.96. The molecule has 1 nitrogen and oxygen atoms in total. The maximum absolute atomic E-state index is 3.61. The fraction of sp³-hybridized carbons (Fsp3) is 0.111. The zero-order valence-corrected chi connectivity index (χ0v) is 40.9. The molecule has 0 fully saturated rings. The molecule has 3 heteroatoms. The fourth-order valence-electron chi connectivity index (χ4n) is 9.74. The monoisotopic (exact) mass is 979 g/mol. The normalized spacial score (nSPS) is 12.3. The van der Waals surface area contributed by atoms with Gasteiger partial charge in [-0.2, -0.15) is 0 Å². The lowest BCUT2D eigenvalue weighted by Crippen LogP contribution is -2.19. The van der Waals surface area contributed by atoms with Gasteiger partial charge in [-0.25, -0.2) is 0 Å². The summed E-state index contributed by atoms with van der Waals surface area (Å²) in [5.41, 5.74) is 14.4. The molecule has 10 rings (SSSR count). The Balaban J connectivity index is 0.990. The average Bonchev–Trinajstić information content (AvgIpc) is 3.35. The molecule has 0 aliphatic carbocycles. The van der Waals surface area contributed by atoms with Crippen molar-refractivity contribution >= 4 is 70.5 Å². The Kier molecular flexibility index (Phi) is 11.9. The van der Waals surface area contributed by atoms with Crippen LogP contribution in [0, 0.1) is 0 Å². The van der Waals surface area contributed by atoms with Crippen LogP contribution >= 0.6 is 31.9 Å². The highest BCUT2D eigenvalue weighted by Crippen LogP contribution is 2.43. The van der Waals surface area contributed by atoms with Crippen LogP contribution in [0.2, 0.25) is 0 Å². The molecular weight excluding hydrogens is 931 g/mol. The third-order valence-electron chi connectivity index (χ3n) is 13.8. The minimum atomic E-state index is -0.155. The van der Waals surface area contributed by atoms with Crippen LogP contribution in [0.25, 0.3) is 32.7 Å². The lowest BCUT2D eigenvalue weighted by Gasteiger charge is -2.29. The molecule has 0 amide bonds. The minimum Gasteiger partial charge on any atom is -0.310 e. The lowest BCUT2D eigenvalue weighted by atomic mass is 9.76. The Morgan fingerprint density at radius 1 is 0.348 bits per heavy atom. The SMILES string of the molecule is CC(C)(c1ccc(Br)cc1)c1ccc(C(c2ccc(-c3ccc(N(c4ccc(C(C)(C)c5ccc(Br)cc5)cc4)c4cccc5ccccc45)cc3)cc2)c2cccc3ccccc23)cc1. The van der Waals surface area contributed by atoms with E-state index in [-0.39, 0.29) is 16.7 Å². The van der Waals surface area contributed by atoms with Gasteiger partial charge in [0.2, 0.25) is 0 Å². The van der Waals surface area contributed by atoms with Crippen LogP contribution in [-0.2, 0) is 10.8 Å². The van der Waals surface area contributed by atoms with Crippen molar-refractivity contribution in [1.82, 2.24) is 0 Å². The van der Waals surface area contributed by atoms with Gasteiger partial charge < -0.3 is 4.90 Å². The molecule has 0 spiro atoms. The first-order valence-corrected chi connectivity index (χ1v) is 24.3. The highest BCUT2D eigenvalue weighted by molar-refractivity contribution is 9.10. The van der Waals surface area contributed by atoms with Crippen molar-refractivity contribution in [3.05, 3.63) is 278 Å². The molecule has 0 aliphatic rings. The van der Waals surface area contributed by atoms with Crippen molar-refractivity contribution in [1.29, 1.82) is 0 Å². The van der Waals surface area contributed by atoms with E-state index in [1.54, 1.807) is 0 Å². The van der Waals surface area contributed by atoms with Gasteiger partial charge >= 0.3 is 0 Å². The van der Waals surface area contributed by atoms with Crippen LogP contribution < -0.4 is 4.90 Å². The molecule has 0 saturated heterocycles. The third-order valence-corrected chi connectivity index (χ3v) is 14.8. The Bertz CT molecular complexity index is 3040. The van der Waals surface area contributed by atoms with E-state index in [1.807, 2.05) is 0 Å². The molecule has 322 valence electrons. The van der Waals surface area contributed by atoms with Gasteiger partial charge in [0.25, 0.3) is 0 Å². The molecule has 1 unspecified atom stereocenters. The number of anilines is 3. The molecule has 0 aromatic heterocycles. The number of fused-ring (bicyclic) bond motifs is 2. The molecule has 1 atom stereocenters.